The molecule has 1 heterocycles. The normalized spacial score (nSPS) is 15.1. The number of carbonyl (C=O) groups is 1. The predicted molar refractivity (Wildman–Crippen MR) is 102 cm³/mol. The molecular weight excluding hydrogens is 406 g/mol. The average molecular weight is 426 g/mol. The number of anilines is 1. The number of ether oxygens (including phenoxy) is 2. The lowest BCUT2D eigenvalue weighted by Crippen LogP contribution is -2.40. The van der Waals surface area contributed by atoms with Gasteiger partial charge in [0.1, 0.15) is 17.4 Å². The van der Waals surface area contributed by atoms with Gasteiger partial charge in [0.2, 0.25) is 10.0 Å². The smallest absolute Gasteiger partial charge is 0.258 e. The summed E-state index contributed by atoms with van der Waals surface area (Å²) in [6.07, 6.45) is 0. The number of nitrogens with zero attached hydrogens (tertiary/aromatic N) is 1. The third-order valence-electron chi connectivity index (χ3n) is 4.28. The number of amides is 1. The first-order chi connectivity index (χ1) is 13.8. The summed E-state index contributed by atoms with van der Waals surface area (Å²) in [5.41, 5.74) is -0.469. The Bertz CT molecular complexity index is 1010. The molecule has 1 saturated heterocycles. The van der Waals surface area contributed by atoms with E-state index in [1.54, 1.807) is 6.92 Å². The highest BCUT2D eigenvalue weighted by molar-refractivity contribution is 7.89. The Morgan fingerprint density at radius 2 is 1.90 bits per heavy atom. The lowest BCUT2D eigenvalue weighted by atomic mass is 10.2. The molecule has 0 saturated carbocycles. The van der Waals surface area contributed by atoms with Crippen LogP contribution in [0, 0.1) is 11.6 Å². The fraction of sp³-hybridized carbons (Fsp3) is 0.316. The molecule has 0 spiro atoms. The number of carbonyl (C=O) groups excluding carboxylic acids is 1. The summed E-state index contributed by atoms with van der Waals surface area (Å²) in [7, 11) is -3.82. The Hall–Kier alpha value is -2.56. The van der Waals surface area contributed by atoms with Gasteiger partial charge in [0.15, 0.2) is 0 Å². The molecule has 1 aliphatic rings. The highest BCUT2D eigenvalue weighted by atomic mass is 32.2. The largest absolute Gasteiger partial charge is 0.492 e. The molecule has 0 aliphatic carbocycles. The maximum atomic E-state index is 13.9. The van der Waals surface area contributed by atoms with E-state index in [0.29, 0.717) is 13.2 Å². The van der Waals surface area contributed by atoms with Gasteiger partial charge in [-0.2, -0.15) is 4.31 Å². The van der Waals surface area contributed by atoms with Crippen molar-refractivity contribution in [2.24, 2.45) is 0 Å². The Kier molecular flexibility index (Phi) is 6.46. The van der Waals surface area contributed by atoms with E-state index in [4.69, 9.17) is 9.47 Å². The molecule has 0 atom stereocenters. The zero-order valence-electron chi connectivity index (χ0n) is 15.7. The van der Waals surface area contributed by atoms with Gasteiger partial charge < -0.3 is 14.8 Å². The summed E-state index contributed by atoms with van der Waals surface area (Å²) in [5.74, 6) is -2.40. The summed E-state index contributed by atoms with van der Waals surface area (Å²) in [4.78, 5) is 12.4. The van der Waals surface area contributed by atoms with E-state index in [1.165, 1.54) is 22.5 Å². The zero-order chi connectivity index (χ0) is 21.0. The lowest BCUT2D eigenvalue weighted by Gasteiger charge is -2.26. The van der Waals surface area contributed by atoms with Crippen LogP contribution in [0.2, 0.25) is 0 Å². The molecule has 0 unspecified atom stereocenters. The van der Waals surface area contributed by atoms with Crippen LogP contribution in [0.1, 0.15) is 17.3 Å². The fourth-order valence-corrected chi connectivity index (χ4v) is 4.28. The first-order valence-corrected chi connectivity index (χ1v) is 10.4. The molecular formula is C19H20F2N2O5S. The Balaban J connectivity index is 1.95. The number of benzene rings is 2. The standard InChI is InChI=1S/C19H20F2N2O5S/c1-2-28-18-6-4-14(29(25,26)23-7-9-27-10-8-23)12-17(18)22-19(24)15-11-13(20)3-5-16(15)21/h3-6,11-12H,2,7-10H2,1H3,(H,22,24). The van der Waals surface area contributed by atoms with E-state index < -0.39 is 33.1 Å². The van der Waals surface area contributed by atoms with Crippen LogP contribution in [0.15, 0.2) is 41.3 Å². The summed E-state index contributed by atoms with van der Waals surface area (Å²) >= 11 is 0. The van der Waals surface area contributed by atoms with Gasteiger partial charge in [0, 0.05) is 13.1 Å². The minimum atomic E-state index is -3.82. The van der Waals surface area contributed by atoms with Gasteiger partial charge in [-0.25, -0.2) is 17.2 Å². The number of sulfonamides is 1. The average Bonchev–Trinajstić information content (AvgIpc) is 2.71. The third kappa shape index (κ3) is 4.72. The summed E-state index contributed by atoms with van der Waals surface area (Å²) in [6, 6.07) is 6.52. The van der Waals surface area contributed by atoms with Crippen LogP contribution in [0.25, 0.3) is 0 Å². The molecule has 1 amide bonds. The number of morpholine rings is 1. The van der Waals surface area contributed by atoms with Crippen LogP contribution < -0.4 is 10.1 Å². The second kappa shape index (κ2) is 8.85. The van der Waals surface area contributed by atoms with Crippen molar-refractivity contribution in [2.45, 2.75) is 11.8 Å². The Labute approximate surface area is 167 Å². The first-order valence-electron chi connectivity index (χ1n) is 8.94. The number of nitrogens with one attached hydrogen (secondary N) is 1. The maximum absolute atomic E-state index is 13.9. The summed E-state index contributed by atoms with van der Waals surface area (Å²) in [6.45, 7) is 2.98. The Morgan fingerprint density at radius 3 is 2.59 bits per heavy atom. The molecule has 1 aliphatic heterocycles. The molecule has 0 bridgehead atoms. The lowest BCUT2D eigenvalue weighted by molar-refractivity contribution is 0.0730. The van der Waals surface area contributed by atoms with Crippen LogP contribution in [-0.4, -0.2) is 51.5 Å². The van der Waals surface area contributed by atoms with E-state index in [1.807, 2.05) is 0 Å². The van der Waals surface area contributed by atoms with Crippen molar-refractivity contribution < 1.29 is 31.5 Å². The van der Waals surface area contributed by atoms with Crippen LogP contribution in [0.4, 0.5) is 14.5 Å². The Morgan fingerprint density at radius 1 is 1.17 bits per heavy atom. The van der Waals surface area contributed by atoms with Gasteiger partial charge in [-0.05, 0) is 43.3 Å². The van der Waals surface area contributed by atoms with Crippen molar-refractivity contribution in [3.05, 3.63) is 53.6 Å². The molecule has 2 aromatic carbocycles. The van der Waals surface area contributed by atoms with E-state index in [0.717, 1.165) is 18.2 Å². The van der Waals surface area contributed by atoms with Gasteiger partial charge in [-0.1, -0.05) is 0 Å². The summed E-state index contributed by atoms with van der Waals surface area (Å²) in [5, 5.41) is 2.42. The van der Waals surface area contributed by atoms with Crippen molar-refractivity contribution in [1.82, 2.24) is 4.31 Å². The monoisotopic (exact) mass is 426 g/mol. The number of hydrogen-bond acceptors (Lipinski definition) is 5. The van der Waals surface area contributed by atoms with E-state index >= 15 is 0 Å². The molecule has 156 valence electrons. The van der Waals surface area contributed by atoms with Crippen molar-refractivity contribution >= 4 is 21.6 Å². The molecule has 2 aromatic rings. The van der Waals surface area contributed by atoms with Gasteiger partial charge in [0.05, 0.1) is 36.0 Å². The van der Waals surface area contributed by atoms with Gasteiger partial charge in [-0.3, -0.25) is 4.79 Å². The van der Waals surface area contributed by atoms with Crippen molar-refractivity contribution in [3.63, 3.8) is 0 Å². The van der Waals surface area contributed by atoms with E-state index in [9.17, 15) is 22.0 Å². The van der Waals surface area contributed by atoms with Crippen LogP contribution >= 0.6 is 0 Å². The molecule has 0 aromatic heterocycles. The third-order valence-corrected chi connectivity index (χ3v) is 6.17. The first kappa shape index (κ1) is 21.2. The summed E-state index contributed by atoms with van der Waals surface area (Å²) < 4.78 is 64.9. The van der Waals surface area contributed by atoms with Gasteiger partial charge in [0.25, 0.3) is 5.91 Å². The molecule has 0 radical (unpaired) electrons. The van der Waals surface area contributed by atoms with Crippen LogP contribution in [0.5, 0.6) is 5.75 Å². The van der Waals surface area contributed by atoms with Gasteiger partial charge >= 0.3 is 0 Å². The second-order valence-corrected chi connectivity index (χ2v) is 8.12. The predicted octanol–water partition coefficient (Wildman–Crippen LogP) is 2.64. The van der Waals surface area contributed by atoms with Gasteiger partial charge in [-0.15, -0.1) is 0 Å². The quantitative estimate of drug-likeness (QED) is 0.768. The molecule has 7 nitrogen and oxygen atoms in total. The number of halogens is 2. The van der Waals surface area contributed by atoms with Crippen molar-refractivity contribution in [1.29, 1.82) is 0 Å². The topological polar surface area (TPSA) is 84.9 Å². The van der Waals surface area contributed by atoms with Crippen LogP contribution in [0.3, 0.4) is 0 Å². The number of hydrogen-bond donors (Lipinski definition) is 1. The zero-order valence-corrected chi connectivity index (χ0v) is 16.5. The molecule has 3 rings (SSSR count). The minimum Gasteiger partial charge on any atom is -0.492 e. The van der Waals surface area contributed by atoms with Crippen LogP contribution in [-0.2, 0) is 14.8 Å². The number of rotatable bonds is 6. The SMILES string of the molecule is CCOc1ccc(S(=O)(=O)N2CCOCC2)cc1NC(=O)c1cc(F)ccc1F. The maximum Gasteiger partial charge on any atom is 0.258 e. The highest BCUT2D eigenvalue weighted by Crippen LogP contribution is 2.30. The fourth-order valence-electron chi connectivity index (χ4n) is 2.85. The molecule has 1 fully saturated rings. The van der Waals surface area contributed by atoms with Crippen molar-refractivity contribution in [3.8, 4) is 5.75 Å². The molecule has 1 N–H and O–H groups in total. The van der Waals surface area contributed by atoms with Crippen molar-refractivity contribution in [2.75, 3.05) is 38.2 Å². The molecule has 29 heavy (non-hydrogen) atoms. The van der Waals surface area contributed by atoms with E-state index in [2.05, 4.69) is 5.32 Å². The molecule has 10 heteroatoms. The highest BCUT2D eigenvalue weighted by Gasteiger charge is 2.27. The van der Waals surface area contributed by atoms with E-state index in [-0.39, 0.29) is 36.0 Å². The minimum absolute atomic E-state index is 0.0369. The second-order valence-electron chi connectivity index (χ2n) is 6.19.